The summed E-state index contributed by atoms with van der Waals surface area (Å²) in [4.78, 5) is 20.9. The number of benzene rings is 2. The van der Waals surface area contributed by atoms with Crippen molar-refractivity contribution in [3.63, 3.8) is 0 Å². The second-order valence-corrected chi connectivity index (χ2v) is 7.32. The maximum atomic E-state index is 12.2. The minimum atomic E-state index is -0.484. The van der Waals surface area contributed by atoms with E-state index >= 15 is 0 Å². The minimum absolute atomic E-state index is 0.234. The highest BCUT2D eigenvalue weighted by molar-refractivity contribution is 7.09. The van der Waals surface area contributed by atoms with Crippen molar-refractivity contribution in [2.45, 2.75) is 13.5 Å². The molecule has 0 saturated heterocycles. The van der Waals surface area contributed by atoms with Crippen molar-refractivity contribution in [3.05, 3.63) is 81.4 Å². The molecule has 0 atom stereocenters. The van der Waals surface area contributed by atoms with E-state index in [0.717, 1.165) is 21.8 Å². The van der Waals surface area contributed by atoms with Crippen LogP contribution in [0.3, 0.4) is 0 Å². The zero-order valence-corrected chi connectivity index (χ0v) is 16.7. The van der Waals surface area contributed by atoms with Gasteiger partial charge in [0.1, 0.15) is 6.61 Å². The van der Waals surface area contributed by atoms with Crippen LogP contribution in [0.15, 0.2) is 64.6 Å². The van der Waals surface area contributed by atoms with Gasteiger partial charge in [-0.2, -0.15) is 0 Å². The third-order valence-corrected chi connectivity index (χ3v) is 5.00. The number of aryl methyl sites for hydroxylation is 1. The molecule has 1 aromatic heterocycles. The Morgan fingerprint density at radius 3 is 2.69 bits per heavy atom. The predicted octanol–water partition coefficient (Wildman–Crippen LogP) is 4.38. The van der Waals surface area contributed by atoms with Gasteiger partial charge >= 0.3 is 5.97 Å². The average molecular weight is 406 g/mol. The number of rotatable bonds is 6. The average Bonchev–Trinajstić information content (AvgIpc) is 3.33. The van der Waals surface area contributed by atoms with Gasteiger partial charge in [-0.3, -0.25) is 0 Å². The molecule has 6 nitrogen and oxygen atoms in total. The lowest BCUT2D eigenvalue weighted by atomic mass is 10.1. The summed E-state index contributed by atoms with van der Waals surface area (Å²) in [5.74, 6) is 0.974. The van der Waals surface area contributed by atoms with Crippen LogP contribution in [-0.2, 0) is 16.1 Å². The molecule has 1 aliphatic heterocycles. The normalized spacial score (nSPS) is 14.6. The number of carbonyl (C=O) groups is 1. The summed E-state index contributed by atoms with van der Waals surface area (Å²) in [6, 6.07) is 14.7. The molecular formula is C22H18N2O4S. The Labute approximate surface area is 172 Å². The van der Waals surface area contributed by atoms with Gasteiger partial charge in [0.25, 0.3) is 0 Å². The van der Waals surface area contributed by atoms with Crippen LogP contribution in [-0.4, -0.2) is 24.0 Å². The SMILES string of the molecule is COc1cc(/C=C2\N=C(c3ccccc3)OC2=O)ccc1OCc1csc(C)n1. The monoisotopic (exact) mass is 406 g/mol. The number of methoxy groups -OCH3 is 1. The van der Waals surface area contributed by atoms with Crippen LogP contribution in [0.4, 0.5) is 0 Å². The summed E-state index contributed by atoms with van der Waals surface area (Å²) in [6.07, 6.45) is 1.66. The van der Waals surface area contributed by atoms with Crippen LogP contribution >= 0.6 is 11.3 Å². The molecule has 0 aliphatic carbocycles. The van der Waals surface area contributed by atoms with E-state index < -0.39 is 5.97 Å². The molecule has 0 amide bonds. The Hall–Kier alpha value is -3.45. The molecule has 3 aromatic rings. The first-order valence-electron chi connectivity index (χ1n) is 8.92. The highest BCUT2D eigenvalue weighted by Gasteiger charge is 2.24. The molecule has 0 fully saturated rings. The van der Waals surface area contributed by atoms with E-state index in [0.29, 0.717) is 24.0 Å². The van der Waals surface area contributed by atoms with Gasteiger partial charge < -0.3 is 14.2 Å². The van der Waals surface area contributed by atoms with E-state index in [-0.39, 0.29) is 5.70 Å². The first-order valence-corrected chi connectivity index (χ1v) is 9.80. The van der Waals surface area contributed by atoms with E-state index in [9.17, 15) is 4.79 Å². The molecule has 1 aliphatic rings. The Morgan fingerprint density at radius 2 is 1.97 bits per heavy atom. The van der Waals surface area contributed by atoms with Gasteiger partial charge in [-0.1, -0.05) is 24.3 Å². The van der Waals surface area contributed by atoms with Gasteiger partial charge in [0.05, 0.1) is 17.8 Å². The van der Waals surface area contributed by atoms with Crippen molar-refractivity contribution in [2.24, 2.45) is 4.99 Å². The van der Waals surface area contributed by atoms with Gasteiger partial charge in [-0.05, 0) is 42.8 Å². The van der Waals surface area contributed by atoms with Crippen LogP contribution in [0.25, 0.3) is 6.08 Å². The van der Waals surface area contributed by atoms with Gasteiger partial charge in [-0.25, -0.2) is 14.8 Å². The number of ether oxygens (including phenoxy) is 3. The summed E-state index contributed by atoms with van der Waals surface area (Å²) < 4.78 is 16.5. The van der Waals surface area contributed by atoms with Gasteiger partial charge in [0.2, 0.25) is 5.90 Å². The van der Waals surface area contributed by atoms with Crippen molar-refractivity contribution < 1.29 is 19.0 Å². The summed E-state index contributed by atoms with van der Waals surface area (Å²) in [5, 5.41) is 2.96. The molecule has 4 rings (SSSR count). The Kier molecular flexibility index (Phi) is 5.39. The topological polar surface area (TPSA) is 70.0 Å². The number of esters is 1. The number of hydrogen-bond acceptors (Lipinski definition) is 7. The molecule has 2 heterocycles. The van der Waals surface area contributed by atoms with Crippen molar-refractivity contribution in [3.8, 4) is 11.5 Å². The number of carbonyl (C=O) groups excluding carboxylic acids is 1. The second kappa shape index (κ2) is 8.28. The summed E-state index contributed by atoms with van der Waals surface area (Å²) in [7, 11) is 1.57. The smallest absolute Gasteiger partial charge is 0.363 e. The first kappa shape index (κ1) is 18.9. The Balaban J connectivity index is 1.54. The fourth-order valence-corrected chi connectivity index (χ4v) is 3.39. The molecule has 0 saturated carbocycles. The number of thiazole rings is 1. The predicted molar refractivity (Wildman–Crippen MR) is 111 cm³/mol. The third kappa shape index (κ3) is 4.35. The molecule has 0 bridgehead atoms. The summed E-state index contributed by atoms with van der Waals surface area (Å²) in [5.41, 5.74) is 2.61. The zero-order valence-electron chi connectivity index (χ0n) is 15.9. The van der Waals surface area contributed by atoms with Crippen LogP contribution in [0, 0.1) is 6.92 Å². The van der Waals surface area contributed by atoms with Crippen LogP contribution in [0.1, 0.15) is 21.8 Å². The number of nitrogens with zero attached hydrogens (tertiary/aromatic N) is 2. The van der Waals surface area contributed by atoms with Crippen LogP contribution < -0.4 is 9.47 Å². The van der Waals surface area contributed by atoms with Crippen LogP contribution in [0.5, 0.6) is 11.5 Å². The summed E-state index contributed by atoms with van der Waals surface area (Å²) in [6.45, 7) is 2.31. The number of hydrogen-bond donors (Lipinski definition) is 0. The third-order valence-electron chi connectivity index (χ3n) is 4.17. The molecule has 29 heavy (non-hydrogen) atoms. The first-order chi connectivity index (χ1) is 14.1. The lowest BCUT2D eigenvalue weighted by Crippen LogP contribution is -2.04. The molecule has 7 heteroatoms. The molecule has 0 unspecified atom stereocenters. The summed E-state index contributed by atoms with van der Waals surface area (Å²) >= 11 is 1.58. The van der Waals surface area contributed by atoms with Gasteiger partial charge in [0, 0.05) is 10.9 Å². The molecule has 0 radical (unpaired) electrons. The maximum absolute atomic E-state index is 12.2. The Morgan fingerprint density at radius 1 is 1.14 bits per heavy atom. The maximum Gasteiger partial charge on any atom is 0.363 e. The lowest BCUT2D eigenvalue weighted by molar-refractivity contribution is -0.129. The van der Waals surface area contributed by atoms with Crippen molar-refractivity contribution in [1.29, 1.82) is 0 Å². The molecule has 0 spiro atoms. The van der Waals surface area contributed by atoms with E-state index in [4.69, 9.17) is 14.2 Å². The number of aliphatic imine (C=N–C) groups is 1. The molecule has 146 valence electrons. The fourth-order valence-electron chi connectivity index (χ4n) is 2.79. The van der Waals surface area contributed by atoms with Crippen molar-refractivity contribution in [1.82, 2.24) is 4.98 Å². The zero-order chi connectivity index (χ0) is 20.2. The highest BCUT2D eigenvalue weighted by atomic mass is 32.1. The molecule has 0 N–H and O–H groups in total. The second-order valence-electron chi connectivity index (χ2n) is 6.26. The van der Waals surface area contributed by atoms with Crippen LogP contribution in [0.2, 0.25) is 0 Å². The minimum Gasteiger partial charge on any atom is -0.493 e. The van der Waals surface area contributed by atoms with E-state index in [1.807, 2.05) is 48.7 Å². The Bertz CT molecular complexity index is 1100. The van der Waals surface area contributed by atoms with Gasteiger partial charge in [-0.15, -0.1) is 11.3 Å². The van der Waals surface area contributed by atoms with Gasteiger partial charge in [0.15, 0.2) is 17.2 Å². The lowest BCUT2D eigenvalue weighted by Gasteiger charge is -2.10. The van der Waals surface area contributed by atoms with Crippen molar-refractivity contribution >= 4 is 29.3 Å². The number of aromatic nitrogens is 1. The van der Waals surface area contributed by atoms with Crippen molar-refractivity contribution in [2.75, 3.05) is 7.11 Å². The number of cyclic esters (lactones) is 1. The molecule has 2 aromatic carbocycles. The van der Waals surface area contributed by atoms with E-state index in [1.54, 1.807) is 36.7 Å². The molecular weight excluding hydrogens is 388 g/mol. The van der Waals surface area contributed by atoms with E-state index in [1.165, 1.54) is 0 Å². The quantitative estimate of drug-likeness (QED) is 0.449. The largest absolute Gasteiger partial charge is 0.493 e. The highest BCUT2D eigenvalue weighted by Crippen LogP contribution is 2.30. The fraction of sp³-hybridized carbons (Fsp3) is 0.136. The standard InChI is InChI=1S/C22H18N2O4S/c1-14-23-17(13-29-14)12-27-19-9-8-15(11-20(19)26-2)10-18-22(25)28-21(24-18)16-6-4-3-5-7-16/h3-11,13H,12H2,1-2H3/b18-10-. The van der Waals surface area contributed by atoms with E-state index in [2.05, 4.69) is 9.98 Å².